The first kappa shape index (κ1) is 17.3. The highest BCUT2D eigenvalue weighted by molar-refractivity contribution is 5.42. The van der Waals surface area contributed by atoms with Crippen LogP contribution < -0.4 is 14.8 Å². The van der Waals surface area contributed by atoms with Crippen molar-refractivity contribution in [3.63, 3.8) is 0 Å². The number of methoxy groups -OCH3 is 1. The Hall–Kier alpha value is -1.77. The Labute approximate surface area is 126 Å². The summed E-state index contributed by atoms with van der Waals surface area (Å²) in [6, 6.07) is 7.83. The molecule has 0 aliphatic carbocycles. The van der Waals surface area contributed by atoms with Crippen LogP contribution in [0.4, 0.5) is 0 Å². The number of rotatable bonds is 9. The molecule has 0 aliphatic heterocycles. The minimum absolute atomic E-state index is 0.481. The second-order valence-electron chi connectivity index (χ2n) is 5.51. The molecule has 0 saturated heterocycles. The fourth-order valence-corrected chi connectivity index (χ4v) is 1.79. The van der Waals surface area contributed by atoms with Crippen LogP contribution >= 0.6 is 0 Å². The van der Waals surface area contributed by atoms with Crippen LogP contribution in [-0.4, -0.2) is 31.0 Å². The molecule has 5 heteroatoms. The van der Waals surface area contributed by atoms with E-state index >= 15 is 0 Å². The molecule has 1 aromatic carbocycles. The predicted octanol–water partition coefficient (Wildman–Crippen LogP) is 2.24. The van der Waals surface area contributed by atoms with Crippen molar-refractivity contribution in [1.82, 2.24) is 5.32 Å². The van der Waals surface area contributed by atoms with E-state index in [1.54, 1.807) is 21.0 Å². The van der Waals surface area contributed by atoms with E-state index in [-0.39, 0.29) is 0 Å². The maximum absolute atomic E-state index is 9.67. The monoisotopic (exact) mass is 292 g/mol. The number of ether oxygens (including phenoxy) is 2. The lowest BCUT2D eigenvalue weighted by molar-refractivity contribution is 0.0795. The molecule has 0 unspecified atom stereocenters. The second-order valence-corrected chi connectivity index (χ2v) is 5.51. The summed E-state index contributed by atoms with van der Waals surface area (Å²) in [5.74, 6) is 1.36. The molecule has 116 valence electrons. The molecule has 0 aliphatic rings. The van der Waals surface area contributed by atoms with Gasteiger partial charge in [0.05, 0.1) is 25.4 Å². The molecule has 0 aromatic heterocycles. The van der Waals surface area contributed by atoms with Crippen LogP contribution in [0.25, 0.3) is 0 Å². The third-order valence-corrected chi connectivity index (χ3v) is 2.81. The molecule has 5 nitrogen and oxygen atoms in total. The first-order valence-corrected chi connectivity index (χ1v) is 7.06. The van der Waals surface area contributed by atoms with E-state index in [4.69, 9.17) is 14.7 Å². The highest BCUT2D eigenvalue weighted by Crippen LogP contribution is 2.28. The Kier molecular flexibility index (Phi) is 7.00. The van der Waals surface area contributed by atoms with E-state index in [2.05, 4.69) is 11.4 Å². The van der Waals surface area contributed by atoms with Gasteiger partial charge in [0.1, 0.15) is 0 Å². The lowest BCUT2D eigenvalue weighted by Gasteiger charge is -2.18. The zero-order valence-electron chi connectivity index (χ0n) is 13.0. The average molecular weight is 292 g/mol. The number of aliphatic hydroxyl groups is 1. The summed E-state index contributed by atoms with van der Waals surface area (Å²) in [7, 11) is 1.60. The smallest absolute Gasteiger partial charge is 0.161 e. The molecule has 0 atom stereocenters. The topological polar surface area (TPSA) is 74.5 Å². The average Bonchev–Trinajstić information content (AvgIpc) is 2.42. The molecule has 0 heterocycles. The van der Waals surface area contributed by atoms with Crippen molar-refractivity contribution in [2.75, 3.05) is 20.3 Å². The van der Waals surface area contributed by atoms with Gasteiger partial charge in [-0.1, -0.05) is 6.07 Å². The van der Waals surface area contributed by atoms with Crippen molar-refractivity contribution in [2.45, 2.75) is 38.8 Å². The summed E-state index contributed by atoms with van der Waals surface area (Å²) in [5, 5.41) is 21.4. The highest BCUT2D eigenvalue weighted by Gasteiger charge is 2.11. The maximum atomic E-state index is 9.67. The predicted molar refractivity (Wildman–Crippen MR) is 81.3 cm³/mol. The van der Waals surface area contributed by atoms with Crippen LogP contribution in [0.5, 0.6) is 11.5 Å². The molecule has 0 radical (unpaired) electrons. The molecule has 1 aromatic rings. The van der Waals surface area contributed by atoms with E-state index in [0.29, 0.717) is 44.0 Å². The number of nitriles is 1. The first-order chi connectivity index (χ1) is 9.96. The number of nitrogens with one attached hydrogen (secondary N) is 1. The number of hydrogen-bond acceptors (Lipinski definition) is 5. The molecule has 21 heavy (non-hydrogen) atoms. The van der Waals surface area contributed by atoms with Crippen molar-refractivity contribution in [3.05, 3.63) is 23.8 Å². The fraction of sp³-hybridized carbons (Fsp3) is 0.562. The second kappa shape index (κ2) is 8.50. The maximum Gasteiger partial charge on any atom is 0.161 e. The molecule has 2 N–H and O–H groups in total. The van der Waals surface area contributed by atoms with Crippen LogP contribution in [0.1, 0.15) is 32.3 Å². The van der Waals surface area contributed by atoms with Crippen molar-refractivity contribution < 1.29 is 14.6 Å². The van der Waals surface area contributed by atoms with Crippen LogP contribution in [0, 0.1) is 11.3 Å². The molecule has 0 amide bonds. The van der Waals surface area contributed by atoms with E-state index < -0.39 is 5.60 Å². The Morgan fingerprint density at radius 1 is 1.33 bits per heavy atom. The number of unbranched alkanes of at least 4 members (excludes halogenated alkanes) is 1. The van der Waals surface area contributed by atoms with Gasteiger partial charge in [-0.2, -0.15) is 5.26 Å². The fourth-order valence-electron chi connectivity index (χ4n) is 1.79. The van der Waals surface area contributed by atoms with E-state index in [1.165, 1.54) is 0 Å². The Bertz CT molecular complexity index is 475. The van der Waals surface area contributed by atoms with Gasteiger partial charge < -0.3 is 19.9 Å². The van der Waals surface area contributed by atoms with Gasteiger partial charge in [0.15, 0.2) is 11.5 Å². The Morgan fingerprint density at radius 2 is 2.10 bits per heavy atom. The summed E-state index contributed by atoms with van der Waals surface area (Å²) < 4.78 is 10.9. The van der Waals surface area contributed by atoms with Crippen molar-refractivity contribution in [2.24, 2.45) is 0 Å². The summed E-state index contributed by atoms with van der Waals surface area (Å²) in [4.78, 5) is 0. The van der Waals surface area contributed by atoms with Gasteiger partial charge in [-0.25, -0.2) is 0 Å². The highest BCUT2D eigenvalue weighted by atomic mass is 16.5. The van der Waals surface area contributed by atoms with Gasteiger partial charge in [-0.15, -0.1) is 0 Å². The molecular formula is C16H24N2O3. The third kappa shape index (κ3) is 6.98. The Balaban J connectivity index is 2.60. The van der Waals surface area contributed by atoms with Crippen molar-refractivity contribution in [3.8, 4) is 17.6 Å². The number of hydrogen-bond donors (Lipinski definition) is 2. The molecular weight excluding hydrogens is 268 g/mol. The lowest BCUT2D eigenvalue weighted by atomic mass is 10.1. The van der Waals surface area contributed by atoms with E-state index in [1.807, 2.05) is 18.2 Å². The van der Waals surface area contributed by atoms with Crippen LogP contribution in [0.3, 0.4) is 0 Å². The van der Waals surface area contributed by atoms with Gasteiger partial charge in [0.2, 0.25) is 0 Å². The largest absolute Gasteiger partial charge is 0.493 e. The molecule has 0 bridgehead atoms. The van der Waals surface area contributed by atoms with Crippen molar-refractivity contribution >= 4 is 0 Å². The normalized spacial score (nSPS) is 11.0. The van der Waals surface area contributed by atoms with Crippen LogP contribution in [0.2, 0.25) is 0 Å². The van der Waals surface area contributed by atoms with Crippen molar-refractivity contribution in [1.29, 1.82) is 5.26 Å². The number of benzene rings is 1. The molecule has 1 rings (SSSR count). The summed E-state index contributed by atoms with van der Waals surface area (Å²) in [5.41, 5.74) is 0.318. The molecule has 0 fully saturated rings. The van der Waals surface area contributed by atoms with Gasteiger partial charge in [-0.3, -0.25) is 0 Å². The van der Waals surface area contributed by atoms with Gasteiger partial charge in [-0.05, 0) is 38.0 Å². The quantitative estimate of drug-likeness (QED) is 0.683. The zero-order valence-corrected chi connectivity index (χ0v) is 13.0. The lowest BCUT2D eigenvalue weighted by Crippen LogP contribution is -2.34. The first-order valence-electron chi connectivity index (χ1n) is 7.06. The molecule has 0 spiro atoms. The summed E-state index contributed by atoms with van der Waals surface area (Å²) >= 11 is 0. The van der Waals surface area contributed by atoms with Crippen LogP contribution in [-0.2, 0) is 6.54 Å². The SMILES string of the molecule is COc1ccc(CNCC(C)(C)O)cc1OCCCC#N. The zero-order chi connectivity index (χ0) is 15.7. The number of nitrogens with zero attached hydrogens (tertiary/aromatic N) is 1. The third-order valence-electron chi connectivity index (χ3n) is 2.81. The van der Waals surface area contributed by atoms with Gasteiger partial charge in [0.25, 0.3) is 0 Å². The van der Waals surface area contributed by atoms with E-state index in [0.717, 1.165) is 5.56 Å². The summed E-state index contributed by atoms with van der Waals surface area (Å²) in [6.45, 7) is 5.17. The van der Waals surface area contributed by atoms with Gasteiger partial charge in [0, 0.05) is 19.5 Å². The van der Waals surface area contributed by atoms with Crippen LogP contribution in [0.15, 0.2) is 18.2 Å². The molecule has 0 saturated carbocycles. The Morgan fingerprint density at radius 3 is 2.71 bits per heavy atom. The van der Waals surface area contributed by atoms with E-state index in [9.17, 15) is 5.11 Å². The summed E-state index contributed by atoms with van der Waals surface area (Å²) in [6.07, 6.45) is 1.18. The minimum Gasteiger partial charge on any atom is -0.493 e. The van der Waals surface area contributed by atoms with Gasteiger partial charge >= 0.3 is 0 Å². The standard InChI is InChI=1S/C16H24N2O3/c1-16(2,19)12-18-11-13-6-7-14(20-3)15(10-13)21-9-5-4-8-17/h6-7,10,18-19H,4-5,9,11-12H2,1-3H3. The minimum atomic E-state index is -0.733.